The highest BCUT2D eigenvalue weighted by Gasteiger charge is 2.39. The molecule has 0 saturated carbocycles. The highest BCUT2D eigenvalue weighted by molar-refractivity contribution is 5.73. The number of rotatable bonds is 2. The summed E-state index contributed by atoms with van der Waals surface area (Å²) in [7, 11) is 0. The number of hydrogen-bond acceptors (Lipinski definition) is 5. The molecule has 1 unspecified atom stereocenters. The average Bonchev–Trinajstić information content (AvgIpc) is 2.29. The van der Waals surface area contributed by atoms with Crippen molar-refractivity contribution in [3.05, 3.63) is 0 Å². The van der Waals surface area contributed by atoms with E-state index < -0.39 is 17.5 Å². The lowest BCUT2D eigenvalue weighted by Gasteiger charge is -2.17. The van der Waals surface area contributed by atoms with Gasteiger partial charge in [0.15, 0.2) is 0 Å². The van der Waals surface area contributed by atoms with Crippen molar-refractivity contribution in [3.63, 3.8) is 0 Å². The Labute approximate surface area is 69.3 Å². The maximum absolute atomic E-state index is 10.6. The van der Waals surface area contributed by atoms with Crippen molar-refractivity contribution in [2.45, 2.75) is 18.9 Å². The Morgan fingerprint density at radius 2 is 2.50 bits per heavy atom. The normalized spacial score (nSPS) is 28.3. The van der Waals surface area contributed by atoms with E-state index in [0.29, 0.717) is 0 Å². The van der Waals surface area contributed by atoms with Crippen LogP contribution in [0.4, 0.5) is 0 Å². The van der Waals surface area contributed by atoms with Crippen molar-refractivity contribution in [1.29, 1.82) is 0 Å². The fraction of sp³-hybridized carbons (Fsp3) is 0.714. The molecular formula is C7H10O5. The third-order valence-electron chi connectivity index (χ3n) is 1.52. The Hall–Kier alpha value is -1.10. The number of cyclic esters (lactones) is 1. The third-order valence-corrected chi connectivity index (χ3v) is 1.52. The van der Waals surface area contributed by atoms with Crippen molar-refractivity contribution < 1.29 is 24.2 Å². The van der Waals surface area contributed by atoms with E-state index in [9.17, 15) is 14.7 Å². The molecule has 1 atom stereocenters. The van der Waals surface area contributed by atoms with Gasteiger partial charge >= 0.3 is 11.9 Å². The van der Waals surface area contributed by atoms with Crippen molar-refractivity contribution >= 4 is 11.9 Å². The van der Waals surface area contributed by atoms with E-state index in [1.807, 2.05) is 0 Å². The SMILES string of the molecule is CC(=O)OCC1(O)COC(=O)C1. The van der Waals surface area contributed by atoms with Crippen LogP contribution in [0, 0.1) is 0 Å². The van der Waals surface area contributed by atoms with Gasteiger partial charge in [-0.2, -0.15) is 0 Å². The number of esters is 2. The van der Waals surface area contributed by atoms with Crippen LogP contribution in [-0.4, -0.2) is 35.9 Å². The smallest absolute Gasteiger partial charge is 0.309 e. The zero-order valence-corrected chi connectivity index (χ0v) is 6.70. The van der Waals surface area contributed by atoms with E-state index in [2.05, 4.69) is 9.47 Å². The van der Waals surface area contributed by atoms with E-state index in [0.717, 1.165) is 0 Å². The quantitative estimate of drug-likeness (QED) is 0.556. The van der Waals surface area contributed by atoms with Gasteiger partial charge in [-0.1, -0.05) is 0 Å². The molecule has 0 aromatic carbocycles. The van der Waals surface area contributed by atoms with Gasteiger partial charge in [-0.25, -0.2) is 0 Å². The molecule has 1 aliphatic rings. The first-order valence-electron chi connectivity index (χ1n) is 3.53. The van der Waals surface area contributed by atoms with Gasteiger partial charge in [0, 0.05) is 6.92 Å². The van der Waals surface area contributed by atoms with E-state index in [1.165, 1.54) is 6.92 Å². The summed E-state index contributed by atoms with van der Waals surface area (Å²) < 4.78 is 9.08. The summed E-state index contributed by atoms with van der Waals surface area (Å²) in [5, 5.41) is 9.49. The summed E-state index contributed by atoms with van der Waals surface area (Å²) in [6, 6.07) is 0. The molecule has 0 aromatic rings. The van der Waals surface area contributed by atoms with Crippen LogP contribution >= 0.6 is 0 Å². The minimum atomic E-state index is -1.32. The molecule has 68 valence electrons. The predicted molar refractivity (Wildman–Crippen MR) is 37.2 cm³/mol. The fourth-order valence-electron chi connectivity index (χ4n) is 0.914. The lowest BCUT2D eigenvalue weighted by atomic mass is 10.1. The first-order valence-corrected chi connectivity index (χ1v) is 3.53. The van der Waals surface area contributed by atoms with E-state index in [-0.39, 0.29) is 19.6 Å². The van der Waals surface area contributed by atoms with Crippen LogP contribution in [0.25, 0.3) is 0 Å². The molecule has 0 aromatic heterocycles. The zero-order valence-electron chi connectivity index (χ0n) is 6.70. The summed E-state index contributed by atoms with van der Waals surface area (Å²) in [6.45, 7) is 0.953. The Kier molecular flexibility index (Phi) is 2.32. The number of carbonyl (C=O) groups is 2. The lowest BCUT2D eigenvalue weighted by Crippen LogP contribution is -2.35. The summed E-state index contributed by atoms with van der Waals surface area (Å²) in [4.78, 5) is 20.9. The number of ether oxygens (including phenoxy) is 2. The van der Waals surface area contributed by atoms with Crippen LogP contribution in [0.3, 0.4) is 0 Å². The number of carbonyl (C=O) groups excluding carboxylic acids is 2. The van der Waals surface area contributed by atoms with E-state index in [4.69, 9.17) is 0 Å². The molecule has 1 saturated heterocycles. The summed E-state index contributed by atoms with van der Waals surface area (Å²) in [5.74, 6) is -0.951. The second-order valence-electron chi connectivity index (χ2n) is 2.84. The first-order chi connectivity index (χ1) is 5.52. The van der Waals surface area contributed by atoms with Crippen molar-refractivity contribution in [2.24, 2.45) is 0 Å². The third kappa shape index (κ3) is 2.20. The second-order valence-corrected chi connectivity index (χ2v) is 2.84. The molecule has 1 heterocycles. The highest BCUT2D eigenvalue weighted by Crippen LogP contribution is 2.19. The minimum absolute atomic E-state index is 0.0981. The van der Waals surface area contributed by atoms with Gasteiger partial charge in [-0.15, -0.1) is 0 Å². The minimum Gasteiger partial charge on any atom is -0.463 e. The first kappa shape index (κ1) is 8.99. The maximum atomic E-state index is 10.6. The Morgan fingerprint density at radius 1 is 1.83 bits per heavy atom. The molecular weight excluding hydrogens is 164 g/mol. The Morgan fingerprint density at radius 3 is 2.92 bits per heavy atom. The number of aliphatic hydroxyl groups is 1. The van der Waals surface area contributed by atoms with Gasteiger partial charge < -0.3 is 14.6 Å². The van der Waals surface area contributed by atoms with E-state index in [1.54, 1.807) is 0 Å². The molecule has 12 heavy (non-hydrogen) atoms. The van der Waals surface area contributed by atoms with Crippen LogP contribution in [0.1, 0.15) is 13.3 Å². The largest absolute Gasteiger partial charge is 0.463 e. The molecule has 0 radical (unpaired) electrons. The van der Waals surface area contributed by atoms with E-state index >= 15 is 0 Å². The van der Waals surface area contributed by atoms with Gasteiger partial charge in [-0.3, -0.25) is 9.59 Å². The molecule has 1 rings (SSSR count). The average molecular weight is 174 g/mol. The fourth-order valence-corrected chi connectivity index (χ4v) is 0.914. The van der Waals surface area contributed by atoms with Gasteiger partial charge in [0.05, 0.1) is 6.42 Å². The van der Waals surface area contributed by atoms with Gasteiger partial charge in [-0.05, 0) is 0 Å². The van der Waals surface area contributed by atoms with Crippen LogP contribution in [0.2, 0.25) is 0 Å². The van der Waals surface area contributed by atoms with Crippen LogP contribution in [0.5, 0.6) is 0 Å². The highest BCUT2D eigenvalue weighted by atomic mass is 16.6. The molecule has 1 fully saturated rings. The molecule has 1 aliphatic heterocycles. The summed E-state index contributed by atoms with van der Waals surface area (Å²) in [6.07, 6.45) is -0.111. The zero-order chi connectivity index (χ0) is 9.19. The van der Waals surface area contributed by atoms with Gasteiger partial charge in [0.1, 0.15) is 18.8 Å². The summed E-state index contributed by atoms with van der Waals surface area (Å²) >= 11 is 0. The Balaban J connectivity index is 2.40. The standard InChI is InChI=1S/C7H10O5/c1-5(8)11-3-7(10)2-6(9)12-4-7/h10H,2-4H2,1H3. The number of hydrogen-bond donors (Lipinski definition) is 1. The Bertz CT molecular complexity index is 212. The molecule has 5 nitrogen and oxygen atoms in total. The molecule has 0 aliphatic carbocycles. The molecule has 1 N–H and O–H groups in total. The summed E-state index contributed by atoms with van der Waals surface area (Å²) in [5.41, 5.74) is -1.32. The van der Waals surface area contributed by atoms with Crippen molar-refractivity contribution in [2.75, 3.05) is 13.2 Å². The topological polar surface area (TPSA) is 72.8 Å². The van der Waals surface area contributed by atoms with Crippen molar-refractivity contribution in [3.8, 4) is 0 Å². The van der Waals surface area contributed by atoms with Crippen LogP contribution in [0.15, 0.2) is 0 Å². The molecule has 0 amide bonds. The van der Waals surface area contributed by atoms with Crippen LogP contribution < -0.4 is 0 Å². The lowest BCUT2D eigenvalue weighted by molar-refractivity contribution is -0.148. The van der Waals surface area contributed by atoms with Gasteiger partial charge in [0.2, 0.25) is 0 Å². The predicted octanol–water partition coefficient (Wildman–Crippen LogP) is -0.773. The monoisotopic (exact) mass is 174 g/mol. The van der Waals surface area contributed by atoms with Gasteiger partial charge in [0.25, 0.3) is 0 Å². The molecule has 0 spiro atoms. The van der Waals surface area contributed by atoms with Crippen molar-refractivity contribution in [1.82, 2.24) is 0 Å². The van der Waals surface area contributed by atoms with Crippen LogP contribution in [-0.2, 0) is 19.1 Å². The molecule has 5 heteroatoms. The molecule has 0 bridgehead atoms. The maximum Gasteiger partial charge on any atom is 0.309 e. The second kappa shape index (κ2) is 3.10.